The average Bonchev–Trinajstić information content (AvgIpc) is 2.48. The third-order valence-electron chi connectivity index (χ3n) is 3.97. The van der Waals surface area contributed by atoms with Crippen molar-refractivity contribution in [2.75, 3.05) is 19.7 Å². The number of ether oxygens (including phenoxy) is 1. The van der Waals surface area contributed by atoms with Gasteiger partial charge in [-0.1, -0.05) is 12.2 Å². The highest BCUT2D eigenvalue weighted by Gasteiger charge is 2.32. The van der Waals surface area contributed by atoms with Crippen LogP contribution < -0.4 is 0 Å². The lowest BCUT2D eigenvalue weighted by Crippen LogP contribution is -2.45. The highest BCUT2D eigenvalue weighted by molar-refractivity contribution is 5.80. The lowest BCUT2D eigenvalue weighted by Gasteiger charge is -2.34. The van der Waals surface area contributed by atoms with Crippen LogP contribution in [0.5, 0.6) is 0 Å². The number of carbonyl (C=O) groups excluding carboxylic acids is 2. The van der Waals surface area contributed by atoms with E-state index in [1.165, 1.54) is 0 Å². The van der Waals surface area contributed by atoms with Gasteiger partial charge in [-0.2, -0.15) is 0 Å². The quantitative estimate of drug-likeness (QED) is 0.580. The zero-order valence-electron chi connectivity index (χ0n) is 11.6. The van der Waals surface area contributed by atoms with Gasteiger partial charge in [-0.15, -0.1) is 0 Å². The molecule has 4 heteroatoms. The fraction of sp³-hybridized carbons (Fsp3) is 0.733. The Bertz CT molecular complexity index is 364. The van der Waals surface area contributed by atoms with Crippen molar-refractivity contribution in [3.63, 3.8) is 0 Å². The SMILES string of the molecule is CCOC(=O)[C@@H]1CCCN(C(=O)[C@@H]2CC=CCC2)C1. The molecule has 0 saturated carbocycles. The van der Waals surface area contributed by atoms with E-state index in [0.29, 0.717) is 13.2 Å². The second kappa shape index (κ2) is 6.73. The van der Waals surface area contributed by atoms with E-state index in [2.05, 4.69) is 12.2 Å². The summed E-state index contributed by atoms with van der Waals surface area (Å²) >= 11 is 0. The van der Waals surface area contributed by atoms with E-state index in [-0.39, 0.29) is 23.7 Å². The lowest BCUT2D eigenvalue weighted by atomic mass is 9.91. The molecule has 0 unspecified atom stereocenters. The van der Waals surface area contributed by atoms with Crippen LogP contribution in [0, 0.1) is 11.8 Å². The number of carbonyl (C=O) groups is 2. The molecule has 0 aromatic rings. The number of esters is 1. The minimum absolute atomic E-state index is 0.117. The first-order valence-corrected chi connectivity index (χ1v) is 7.32. The predicted octanol–water partition coefficient (Wildman–Crippen LogP) is 2.14. The average molecular weight is 265 g/mol. The molecule has 0 bridgehead atoms. The molecule has 2 aliphatic rings. The molecule has 1 aliphatic heterocycles. The van der Waals surface area contributed by atoms with Crippen LogP contribution in [0.1, 0.15) is 39.0 Å². The maximum absolute atomic E-state index is 12.4. The van der Waals surface area contributed by atoms with E-state index in [0.717, 1.165) is 38.6 Å². The minimum atomic E-state index is -0.150. The van der Waals surface area contributed by atoms with E-state index in [1.54, 1.807) is 0 Å². The summed E-state index contributed by atoms with van der Waals surface area (Å²) in [7, 11) is 0. The molecule has 0 spiro atoms. The summed E-state index contributed by atoms with van der Waals surface area (Å²) in [6.07, 6.45) is 8.76. The second-order valence-electron chi connectivity index (χ2n) is 5.36. The largest absolute Gasteiger partial charge is 0.466 e. The molecule has 4 nitrogen and oxygen atoms in total. The van der Waals surface area contributed by atoms with Crippen LogP contribution in [0.25, 0.3) is 0 Å². The van der Waals surface area contributed by atoms with E-state index < -0.39 is 0 Å². The van der Waals surface area contributed by atoms with Crippen molar-refractivity contribution in [2.45, 2.75) is 39.0 Å². The van der Waals surface area contributed by atoms with Gasteiger partial charge in [0.2, 0.25) is 5.91 Å². The number of amides is 1. The molecule has 0 radical (unpaired) electrons. The third kappa shape index (κ3) is 3.58. The molecular weight excluding hydrogens is 242 g/mol. The molecule has 1 fully saturated rings. The van der Waals surface area contributed by atoms with Crippen molar-refractivity contribution in [2.24, 2.45) is 11.8 Å². The first kappa shape index (κ1) is 14.1. The second-order valence-corrected chi connectivity index (χ2v) is 5.36. The minimum Gasteiger partial charge on any atom is -0.466 e. The molecule has 1 saturated heterocycles. The van der Waals surface area contributed by atoms with Gasteiger partial charge in [0.05, 0.1) is 12.5 Å². The molecule has 0 N–H and O–H groups in total. The summed E-state index contributed by atoms with van der Waals surface area (Å²) in [5, 5.41) is 0. The summed E-state index contributed by atoms with van der Waals surface area (Å²) in [4.78, 5) is 26.1. The number of rotatable bonds is 3. The molecule has 1 heterocycles. The van der Waals surface area contributed by atoms with Crippen molar-refractivity contribution >= 4 is 11.9 Å². The van der Waals surface area contributed by atoms with E-state index in [1.807, 2.05) is 11.8 Å². The van der Waals surface area contributed by atoms with E-state index in [9.17, 15) is 9.59 Å². The van der Waals surface area contributed by atoms with Gasteiger partial charge in [-0.3, -0.25) is 9.59 Å². The normalized spacial score (nSPS) is 27.1. The zero-order valence-corrected chi connectivity index (χ0v) is 11.6. The van der Waals surface area contributed by atoms with Crippen LogP contribution >= 0.6 is 0 Å². The number of hydrogen-bond acceptors (Lipinski definition) is 3. The molecule has 2 atom stereocenters. The van der Waals surface area contributed by atoms with Crippen LogP contribution in [-0.2, 0) is 14.3 Å². The number of nitrogens with zero attached hydrogens (tertiary/aromatic N) is 1. The Balaban J connectivity index is 1.91. The van der Waals surface area contributed by atoms with Crippen molar-refractivity contribution in [1.82, 2.24) is 4.90 Å². The van der Waals surface area contributed by atoms with E-state index in [4.69, 9.17) is 4.74 Å². The number of likely N-dealkylation sites (tertiary alicyclic amines) is 1. The first-order chi connectivity index (χ1) is 9.22. The third-order valence-corrected chi connectivity index (χ3v) is 3.97. The summed E-state index contributed by atoms with van der Waals surface area (Å²) < 4.78 is 5.07. The summed E-state index contributed by atoms with van der Waals surface area (Å²) in [6, 6.07) is 0. The van der Waals surface area contributed by atoms with E-state index >= 15 is 0 Å². The predicted molar refractivity (Wildman–Crippen MR) is 72.4 cm³/mol. The maximum atomic E-state index is 12.4. The van der Waals surface area contributed by atoms with Gasteiger partial charge >= 0.3 is 5.97 Å². The standard InChI is InChI=1S/C15H23NO3/c1-2-19-15(18)13-9-6-10-16(11-13)14(17)12-7-4-3-5-8-12/h3-4,12-13H,2,5-11H2,1H3/t12-,13-/m1/s1. The van der Waals surface area contributed by atoms with Crippen molar-refractivity contribution in [1.29, 1.82) is 0 Å². The Hall–Kier alpha value is -1.32. The topological polar surface area (TPSA) is 46.6 Å². The van der Waals surface area contributed by atoms with Gasteiger partial charge in [-0.05, 0) is 39.0 Å². The van der Waals surface area contributed by atoms with Gasteiger partial charge in [0.15, 0.2) is 0 Å². The maximum Gasteiger partial charge on any atom is 0.310 e. The van der Waals surface area contributed by atoms with Gasteiger partial charge in [-0.25, -0.2) is 0 Å². The fourth-order valence-corrected chi connectivity index (χ4v) is 2.91. The molecule has 19 heavy (non-hydrogen) atoms. The molecular formula is C15H23NO3. The highest BCUT2D eigenvalue weighted by Crippen LogP contribution is 2.24. The molecule has 2 rings (SSSR count). The van der Waals surface area contributed by atoms with Crippen LogP contribution in [0.2, 0.25) is 0 Å². The Morgan fingerprint density at radius 3 is 2.79 bits per heavy atom. The highest BCUT2D eigenvalue weighted by atomic mass is 16.5. The van der Waals surface area contributed by atoms with Crippen LogP contribution in [0.3, 0.4) is 0 Å². The lowest BCUT2D eigenvalue weighted by molar-refractivity contribution is -0.152. The Kier molecular flexibility index (Phi) is 5.00. The zero-order chi connectivity index (χ0) is 13.7. The first-order valence-electron chi connectivity index (χ1n) is 7.32. The van der Waals surface area contributed by atoms with Gasteiger partial charge in [0, 0.05) is 19.0 Å². The van der Waals surface area contributed by atoms with Crippen molar-refractivity contribution in [3.05, 3.63) is 12.2 Å². The smallest absolute Gasteiger partial charge is 0.310 e. The van der Waals surface area contributed by atoms with Gasteiger partial charge < -0.3 is 9.64 Å². The Morgan fingerprint density at radius 2 is 2.11 bits per heavy atom. The number of allylic oxidation sites excluding steroid dienone is 2. The summed E-state index contributed by atoms with van der Waals surface area (Å²) in [5.41, 5.74) is 0. The summed E-state index contributed by atoms with van der Waals surface area (Å²) in [5.74, 6) is 0.0598. The Labute approximate surface area is 114 Å². The van der Waals surface area contributed by atoms with Gasteiger partial charge in [0.25, 0.3) is 0 Å². The summed E-state index contributed by atoms with van der Waals surface area (Å²) in [6.45, 7) is 3.56. The van der Waals surface area contributed by atoms with Crippen LogP contribution in [0.4, 0.5) is 0 Å². The molecule has 1 amide bonds. The van der Waals surface area contributed by atoms with Crippen molar-refractivity contribution < 1.29 is 14.3 Å². The number of piperidine rings is 1. The molecule has 0 aromatic carbocycles. The van der Waals surface area contributed by atoms with Crippen LogP contribution in [0.15, 0.2) is 12.2 Å². The number of hydrogen-bond donors (Lipinski definition) is 0. The van der Waals surface area contributed by atoms with Crippen molar-refractivity contribution in [3.8, 4) is 0 Å². The molecule has 1 aliphatic carbocycles. The fourth-order valence-electron chi connectivity index (χ4n) is 2.91. The molecule has 0 aromatic heterocycles. The van der Waals surface area contributed by atoms with Crippen LogP contribution in [-0.4, -0.2) is 36.5 Å². The Morgan fingerprint density at radius 1 is 1.26 bits per heavy atom. The molecule has 106 valence electrons. The van der Waals surface area contributed by atoms with Gasteiger partial charge in [0.1, 0.15) is 0 Å². The monoisotopic (exact) mass is 265 g/mol.